The summed E-state index contributed by atoms with van der Waals surface area (Å²) >= 11 is 0. The van der Waals surface area contributed by atoms with Gasteiger partial charge in [0.1, 0.15) is 11.6 Å². The molecule has 5 heteroatoms. The van der Waals surface area contributed by atoms with E-state index in [1.807, 2.05) is 0 Å². The van der Waals surface area contributed by atoms with Gasteiger partial charge in [0.05, 0.1) is 13.7 Å². The summed E-state index contributed by atoms with van der Waals surface area (Å²) in [5, 5.41) is 0. The fraction of sp³-hybridized carbons (Fsp3) is 0.417. The second-order valence-electron chi connectivity index (χ2n) is 3.53. The van der Waals surface area contributed by atoms with Crippen molar-refractivity contribution in [1.29, 1.82) is 0 Å². The van der Waals surface area contributed by atoms with Gasteiger partial charge in [-0.3, -0.25) is 4.79 Å². The zero-order chi connectivity index (χ0) is 12.7. The average Bonchev–Trinajstić information content (AvgIpc) is 2.33. The number of carbonyl (C=O) groups is 1. The molecule has 1 aromatic rings. The molecular formula is C12H16FNO3. The van der Waals surface area contributed by atoms with Gasteiger partial charge in [-0.05, 0) is 24.1 Å². The van der Waals surface area contributed by atoms with Crippen molar-refractivity contribution in [2.45, 2.75) is 19.4 Å². The van der Waals surface area contributed by atoms with Crippen molar-refractivity contribution in [1.82, 2.24) is 0 Å². The number of esters is 1. The highest BCUT2D eigenvalue weighted by Crippen LogP contribution is 2.16. The lowest BCUT2D eigenvalue weighted by Crippen LogP contribution is -2.05. The average molecular weight is 241 g/mol. The SMILES string of the molecule is COC(=O)CCCOc1cc(F)cc(CN)c1. The van der Waals surface area contributed by atoms with Crippen LogP contribution in [0.1, 0.15) is 18.4 Å². The summed E-state index contributed by atoms with van der Waals surface area (Å²) in [5.41, 5.74) is 6.09. The third kappa shape index (κ3) is 4.82. The highest BCUT2D eigenvalue weighted by molar-refractivity contribution is 5.69. The molecule has 0 heterocycles. The van der Waals surface area contributed by atoms with Crippen LogP contribution in [0.15, 0.2) is 18.2 Å². The summed E-state index contributed by atoms with van der Waals surface area (Å²) in [6, 6.07) is 4.33. The van der Waals surface area contributed by atoms with Crippen LogP contribution in [0.25, 0.3) is 0 Å². The predicted octanol–water partition coefficient (Wildman–Crippen LogP) is 1.62. The highest BCUT2D eigenvalue weighted by Gasteiger charge is 2.03. The molecule has 0 aliphatic heterocycles. The number of benzene rings is 1. The van der Waals surface area contributed by atoms with Crippen molar-refractivity contribution >= 4 is 5.97 Å². The van der Waals surface area contributed by atoms with Crippen molar-refractivity contribution < 1.29 is 18.7 Å². The molecule has 0 fully saturated rings. The predicted molar refractivity (Wildman–Crippen MR) is 61.0 cm³/mol. The van der Waals surface area contributed by atoms with Crippen LogP contribution in [0, 0.1) is 5.82 Å². The fourth-order valence-corrected chi connectivity index (χ4v) is 1.33. The molecule has 0 aliphatic carbocycles. The Morgan fingerprint density at radius 1 is 1.41 bits per heavy atom. The van der Waals surface area contributed by atoms with Crippen molar-refractivity contribution in [3.05, 3.63) is 29.6 Å². The van der Waals surface area contributed by atoms with Crippen LogP contribution >= 0.6 is 0 Å². The normalized spacial score (nSPS) is 10.1. The van der Waals surface area contributed by atoms with Crippen LogP contribution in [0.5, 0.6) is 5.75 Å². The Bertz CT molecular complexity index is 382. The topological polar surface area (TPSA) is 61.5 Å². The Hall–Kier alpha value is -1.62. The molecule has 1 rings (SSSR count). The van der Waals surface area contributed by atoms with Gasteiger partial charge >= 0.3 is 5.97 Å². The summed E-state index contributed by atoms with van der Waals surface area (Å²) in [4.78, 5) is 10.8. The number of hydrogen-bond acceptors (Lipinski definition) is 4. The van der Waals surface area contributed by atoms with Crippen LogP contribution in [-0.2, 0) is 16.1 Å². The summed E-state index contributed by atoms with van der Waals surface area (Å²) in [5.74, 6) is -0.235. The zero-order valence-electron chi connectivity index (χ0n) is 9.74. The molecule has 0 unspecified atom stereocenters. The van der Waals surface area contributed by atoms with E-state index >= 15 is 0 Å². The number of carbonyl (C=O) groups excluding carboxylic acids is 1. The molecule has 0 saturated carbocycles. The van der Waals surface area contributed by atoms with Gasteiger partial charge in [-0.25, -0.2) is 4.39 Å². The van der Waals surface area contributed by atoms with Gasteiger partial charge in [0.2, 0.25) is 0 Å². The maximum absolute atomic E-state index is 13.1. The summed E-state index contributed by atoms with van der Waals surface area (Å²) < 4.78 is 22.9. The first-order valence-corrected chi connectivity index (χ1v) is 5.35. The van der Waals surface area contributed by atoms with Crippen molar-refractivity contribution in [3.63, 3.8) is 0 Å². The van der Waals surface area contributed by atoms with Crippen molar-refractivity contribution in [2.24, 2.45) is 5.73 Å². The second kappa shape index (κ2) is 6.85. The van der Waals surface area contributed by atoms with Crippen LogP contribution < -0.4 is 10.5 Å². The lowest BCUT2D eigenvalue weighted by Gasteiger charge is -2.07. The van der Waals surface area contributed by atoms with E-state index in [0.717, 1.165) is 0 Å². The highest BCUT2D eigenvalue weighted by atomic mass is 19.1. The molecular weight excluding hydrogens is 225 g/mol. The molecule has 0 saturated heterocycles. The molecule has 0 radical (unpaired) electrons. The zero-order valence-corrected chi connectivity index (χ0v) is 9.74. The van der Waals surface area contributed by atoms with E-state index in [1.54, 1.807) is 6.07 Å². The van der Waals surface area contributed by atoms with Gasteiger partial charge < -0.3 is 15.2 Å². The minimum absolute atomic E-state index is 0.260. The lowest BCUT2D eigenvalue weighted by atomic mass is 10.2. The Balaban J connectivity index is 2.41. The number of methoxy groups -OCH3 is 1. The van der Waals surface area contributed by atoms with Gasteiger partial charge in [0.25, 0.3) is 0 Å². The Morgan fingerprint density at radius 2 is 2.18 bits per heavy atom. The number of nitrogens with two attached hydrogens (primary N) is 1. The van der Waals surface area contributed by atoms with Gasteiger partial charge in [-0.15, -0.1) is 0 Å². The van der Waals surface area contributed by atoms with E-state index in [9.17, 15) is 9.18 Å². The number of hydrogen-bond donors (Lipinski definition) is 1. The fourth-order valence-electron chi connectivity index (χ4n) is 1.33. The molecule has 2 N–H and O–H groups in total. The van der Waals surface area contributed by atoms with Crippen LogP contribution in [0.4, 0.5) is 4.39 Å². The van der Waals surface area contributed by atoms with E-state index in [1.165, 1.54) is 19.2 Å². The van der Waals surface area contributed by atoms with E-state index in [-0.39, 0.29) is 24.8 Å². The molecule has 94 valence electrons. The third-order valence-electron chi connectivity index (χ3n) is 2.19. The summed E-state index contributed by atoms with van der Waals surface area (Å²) in [6.07, 6.45) is 0.816. The van der Waals surface area contributed by atoms with Crippen LogP contribution in [0.3, 0.4) is 0 Å². The molecule has 0 bridgehead atoms. The minimum Gasteiger partial charge on any atom is -0.493 e. The quantitative estimate of drug-likeness (QED) is 0.607. The van der Waals surface area contributed by atoms with Gasteiger partial charge in [-0.1, -0.05) is 0 Å². The molecule has 0 aromatic heterocycles. The molecule has 4 nitrogen and oxygen atoms in total. The lowest BCUT2D eigenvalue weighted by molar-refractivity contribution is -0.140. The van der Waals surface area contributed by atoms with Crippen LogP contribution in [0.2, 0.25) is 0 Å². The molecule has 0 atom stereocenters. The second-order valence-corrected chi connectivity index (χ2v) is 3.53. The minimum atomic E-state index is -0.379. The number of ether oxygens (including phenoxy) is 2. The van der Waals surface area contributed by atoms with E-state index in [0.29, 0.717) is 24.3 Å². The first-order valence-electron chi connectivity index (χ1n) is 5.35. The maximum Gasteiger partial charge on any atom is 0.305 e. The van der Waals surface area contributed by atoms with Gasteiger partial charge in [0, 0.05) is 19.0 Å². The maximum atomic E-state index is 13.1. The summed E-state index contributed by atoms with van der Waals surface area (Å²) in [7, 11) is 1.34. The Labute approximate surface area is 99.5 Å². The Morgan fingerprint density at radius 3 is 2.82 bits per heavy atom. The molecule has 1 aromatic carbocycles. The first-order chi connectivity index (χ1) is 8.15. The van der Waals surface area contributed by atoms with E-state index in [4.69, 9.17) is 10.5 Å². The molecule has 0 amide bonds. The third-order valence-corrected chi connectivity index (χ3v) is 2.19. The standard InChI is InChI=1S/C12H16FNO3/c1-16-12(15)3-2-4-17-11-6-9(8-14)5-10(13)7-11/h5-7H,2-4,8,14H2,1H3. The molecule has 0 aliphatic rings. The number of rotatable bonds is 6. The first kappa shape index (κ1) is 13.4. The van der Waals surface area contributed by atoms with Crippen LogP contribution in [-0.4, -0.2) is 19.7 Å². The Kier molecular flexibility index (Phi) is 5.42. The van der Waals surface area contributed by atoms with E-state index < -0.39 is 0 Å². The number of halogens is 1. The van der Waals surface area contributed by atoms with Gasteiger partial charge in [0.15, 0.2) is 0 Å². The van der Waals surface area contributed by atoms with Gasteiger partial charge in [-0.2, -0.15) is 0 Å². The van der Waals surface area contributed by atoms with Crippen molar-refractivity contribution in [2.75, 3.05) is 13.7 Å². The largest absolute Gasteiger partial charge is 0.493 e. The monoisotopic (exact) mass is 241 g/mol. The molecule has 17 heavy (non-hydrogen) atoms. The molecule has 0 spiro atoms. The van der Waals surface area contributed by atoms with Crippen molar-refractivity contribution in [3.8, 4) is 5.75 Å². The van der Waals surface area contributed by atoms with E-state index in [2.05, 4.69) is 4.74 Å². The summed E-state index contributed by atoms with van der Waals surface area (Å²) in [6.45, 7) is 0.596. The smallest absolute Gasteiger partial charge is 0.305 e.